The van der Waals surface area contributed by atoms with E-state index in [2.05, 4.69) is 35.9 Å². The maximum absolute atomic E-state index is 14.0. The third kappa shape index (κ3) is 4.38. The Morgan fingerprint density at radius 1 is 0.660 bits per heavy atom. The lowest BCUT2D eigenvalue weighted by molar-refractivity contribution is -0.129. The highest BCUT2D eigenvalue weighted by Crippen LogP contribution is 2.58. The monoisotopic (exact) mass is 635 g/mol. The van der Waals surface area contributed by atoms with Gasteiger partial charge in [-0.15, -0.1) is 0 Å². The zero-order valence-corrected chi connectivity index (χ0v) is 26.3. The summed E-state index contributed by atoms with van der Waals surface area (Å²) in [6.07, 6.45) is 16.0. The molecule has 0 aliphatic heterocycles. The van der Waals surface area contributed by atoms with E-state index in [0.29, 0.717) is 69.3 Å². The smallest absolute Gasteiger partial charge is 0.261 e. The van der Waals surface area contributed by atoms with Gasteiger partial charge in [0.25, 0.3) is 11.8 Å². The number of anilines is 2. The molecule has 0 radical (unpaired) electrons. The SMILES string of the molecule is O=C(NC(=O)c1cnc2[nH]ccc2c1NC1[C@@H]2CC3C[C@H]1CC(O)(C3)C2)c1cnc2[nH]ccc2c1NC1[C@@H]2CC3C[C@H]1CC(O)(C3)C2. The molecule has 8 bridgehead atoms. The average molecular weight is 636 g/mol. The van der Waals surface area contributed by atoms with Crippen molar-refractivity contribution < 1.29 is 19.8 Å². The molecule has 8 aliphatic rings. The predicted octanol–water partition coefficient (Wildman–Crippen LogP) is 4.71. The quantitative estimate of drug-likeness (QED) is 0.150. The summed E-state index contributed by atoms with van der Waals surface area (Å²) in [5, 5.41) is 34.1. The third-order valence-electron chi connectivity index (χ3n) is 13.0. The molecule has 4 heterocycles. The minimum absolute atomic E-state index is 0.143. The summed E-state index contributed by atoms with van der Waals surface area (Å²) in [6.45, 7) is 0. The zero-order chi connectivity index (χ0) is 31.7. The number of hydrogen-bond acceptors (Lipinski definition) is 8. The number of aliphatic hydroxyl groups is 2. The first kappa shape index (κ1) is 28.1. The van der Waals surface area contributed by atoms with Crippen molar-refractivity contribution in [3.63, 3.8) is 0 Å². The number of fused-ring (bicyclic) bond motifs is 2. The fourth-order valence-electron chi connectivity index (χ4n) is 11.7. The van der Waals surface area contributed by atoms with Crippen molar-refractivity contribution in [3.8, 4) is 0 Å². The maximum Gasteiger partial charge on any atom is 0.261 e. The van der Waals surface area contributed by atoms with Crippen molar-refractivity contribution in [3.05, 3.63) is 48.0 Å². The summed E-state index contributed by atoms with van der Waals surface area (Å²) >= 11 is 0. The molecule has 0 aromatic carbocycles. The largest absolute Gasteiger partial charge is 0.390 e. The van der Waals surface area contributed by atoms with Gasteiger partial charge in [0.1, 0.15) is 11.3 Å². The van der Waals surface area contributed by atoms with E-state index in [4.69, 9.17) is 0 Å². The van der Waals surface area contributed by atoms with E-state index in [1.54, 1.807) is 12.4 Å². The van der Waals surface area contributed by atoms with E-state index in [1.165, 1.54) is 0 Å². The molecule has 6 unspecified atom stereocenters. The molecule has 8 saturated carbocycles. The Morgan fingerprint density at radius 3 is 1.45 bits per heavy atom. The lowest BCUT2D eigenvalue weighted by atomic mass is 9.52. The maximum atomic E-state index is 14.0. The third-order valence-corrected chi connectivity index (χ3v) is 13.0. The molecular weight excluding hydrogens is 594 g/mol. The molecule has 0 spiro atoms. The standard InChI is InChI=1S/C36H41N7O4/c44-33(25-15-39-31-23(1-3-37-31)29(25)41-27-19-5-17-6-20(27)12-35(46,9-17)11-19)43-34(45)26-16-40-32-24(2-4-38-32)30(26)42-28-21-7-18-8-22(28)14-36(47,10-18)13-21/h1-4,15-22,27-28,46-47H,5-14H2,(H2,37,39,41)(H2,38,40,42)(H,43,44,45)/t17?,18?,19-,20+,21-,22+,27?,28?,35?,36?. The Bertz CT molecular complexity index is 1780. The Morgan fingerprint density at radius 2 is 1.06 bits per heavy atom. The van der Waals surface area contributed by atoms with Crippen LogP contribution in [-0.2, 0) is 0 Å². The van der Waals surface area contributed by atoms with E-state index in [9.17, 15) is 19.8 Å². The van der Waals surface area contributed by atoms with Crippen molar-refractivity contribution in [1.82, 2.24) is 25.3 Å². The Hall–Kier alpha value is -3.96. The highest BCUT2D eigenvalue weighted by molar-refractivity contribution is 6.17. The van der Waals surface area contributed by atoms with Crippen LogP contribution < -0.4 is 16.0 Å². The first-order valence-electron chi connectivity index (χ1n) is 17.5. The Balaban J connectivity index is 0.954. The highest BCUT2D eigenvalue weighted by atomic mass is 16.3. The molecule has 11 heteroatoms. The van der Waals surface area contributed by atoms with E-state index < -0.39 is 23.0 Å². The predicted molar refractivity (Wildman–Crippen MR) is 176 cm³/mol. The average Bonchev–Trinajstić information content (AvgIpc) is 3.69. The van der Waals surface area contributed by atoms with Crippen LogP contribution in [0.3, 0.4) is 0 Å². The highest BCUT2D eigenvalue weighted by Gasteiger charge is 2.56. The van der Waals surface area contributed by atoms with Gasteiger partial charge in [0.15, 0.2) is 0 Å². The van der Waals surface area contributed by atoms with Gasteiger partial charge in [0.05, 0.1) is 33.7 Å². The van der Waals surface area contributed by atoms with Gasteiger partial charge >= 0.3 is 0 Å². The van der Waals surface area contributed by atoms with Crippen molar-refractivity contribution in [2.75, 3.05) is 10.6 Å². The molecule has 2 amide bonds. The van der Waals surface area contributed by atoms with Crippen LogP contribution in [0.2, 0.25) is 0 Å². The number of hydrogen-bond donors (Lipinski definition) is 7. The van der Waals surface area contributed by atoms with Gasteiger partial charge in [0, 0.05) is 47.6 Å². The van der Waals surface area contributed by atoms with Crippen LogP contribution in [0.15, 0.2) is 36.9 Å². The molecule has 47 heavy (non-hydrogen) atoms. The van der Waals surface area contributed by atoms with Crippen LogP contribution >= 0.6 is 0 Å². The second kappa shape index (κ2) is 9.79. The van der Waals surface area contributed by atoms with Gasteiger partial charge in [-0.25, -0.2) is 9.97 Å². The molecule has 4 aromatic rings. The number of H-pyrrole nitrogens is 2. The van der Waals surface area contributed by atoms with Gasteiger partial charge < -0.3 is 30.8 Å². The van der Waals surface area contributed by atoms with Crippen molar-refractivity contribution >= 4 is 45.3 Å². The van der Waals surface area contributed by atoms with Crippen LogP contribution in [0.25, 0.3) is 22.1 Å². The van der Waals surface area contributed by atoms with Crippen LogP contribution in [0, 0.1) is 35.5 Å². The summed E-state index contributed by atoms with van der Waals surface area (Å²) < 4.78 is 0. The summed E-state index contributed by atoms with van der Waals surface area (Å²) in [7, 11) is 0. The number of pyridine rings is 2. The van der Waals surface area contributed by atoms with E-state index in [-0.39, 0.29) is 12.1 Å². The van der Waals surface area contributed by atoms with Gasteiger partial charge in [-0.05, 0) is 112 Å². The van der Waals surface area contributed by atoms with Crippen molar-refractivity contribution in [2.24, 2.45) is 35.5 Å². The van der Waals surface area contributed by atoms with Crippen LogP contribution in [-0.4, -0.2) is 65.2 Å². The van der Waals surface area contributed by atoms with Crippen LogP contribution in [0.1, 0.15) is 84.9 Å². The first-order chi connectivity index (χ1) is 22.7. The second-order valence-electron chi connectivity index (χ2n) is 16.1. The summed E-state index contributed by atoms with van der Waals surface area (Å²) in [5.41, 5.74) is 2.22. The van der Waals surface area contributed by atoms with E-state index in [0.717, 1.165) is 75.0 Å². The fourth-order valence-corrected chi connectivity index (χ4v) is 11.7. The number of nitrogens with one attached hydrogen (secondary N) is 5. The number of amides is 2. The van der Waals surface area contributed by atoms with E-state index >= 15 is 0 Å². The molecule has 244 valence electrons. The summed E-state index contributed by atoms with van der Waals surface area (Å²) in [6, 6.07) is 4.12. The minimum Gasteiger partial charge on any atom is -0.390 e. The van der Waals surface area contributed by atoms with Crippen molar-refractivity contribution in [1.29, 1.82) is 0 Å². The zero-order valence-electron chi connectivity index (χ0n) is 26.3. The molecule has 12 rings (SSSR count). The lowest BCUT2D eigenvalue weighted by Crippen LogP contribution is -2.59. The number of nitrogens with zero attached hydrogens (tertiary/aromatic N) is 2. The molecule has 8 fully saturated rings. The topological polar surface area (TPSA) is 168 Å². The molecule has 0 saturated heterocycles. The van der Waals surface area contributed by atoms with Gasteiger partial charge in [-0.2, -0.15) is 0 Å². The minimum atomic E-state index is -0.556. The number of carbonyl (C=O) groups excluding carboxylic acids is 2. The van der Waals surface area contributed by atoms with Gasteiger partial charge in [0.2, 0.25) is 0 Å². The Labute approximate surface area is 271 Å². The molecule has 4 aromatic heterocycles. The molecular formula is C36H41N7O4. The number of aromatic amines is 2. The molecule has 11 nitrogen and oxygen atoms in total. The van der Waals surface area contributed by atoms with E-state index in [1.807, 2.05) is 24.5 Å². The van der Waals surface area contributed by atoms with Gasteiger partial charge in [-0.1, -0.05) is 0 Å². The number of rotatable bonds is 6. The van der Waals surface area contributed by atoms with Crippen LogP contribution in [0.5, 0.6) is 0 Å². The van der Waals surface area contributed by atoms with Crippen molar-refractivity contribution in [2.45, 2.75) is 87.5 Å². The van der Waals surface area contributed by atoms with Crippen LogP contribution in [0.4, 0.5) is 11.4 Å². The molecule has 8 aliphatic carbocycles. The summed E-state index contributed by atoms with van der Waals surface area (Å²) in [4.78, 5) is 43.4. The molecule has 7 N–H and O–H groups in total. The number of carbonyl (C=O) groups is 2. The first-order valence-corrected chi connectivity index (χ1v) is 17.5. The second-order valence-corrected chi connectivity index (χ2v) is 16.1. The Kier molecular flexibility index (Phi) is 5.85. The lowest BCUT2D eigenvalue weighted by Gasteiger charge is -2.58. The number of aromatic nitrogens is 4. The van der Waals surface area contributed by atoms with Gasteiger partial charge in [-0.3, -0.25) is 14.9 Å². The number of imide groups is 1. The fraction of sp³-hybridized carbons (Fsp3) is 0.556. The normalized spacial score (nSPS) is 37.9. The summed E-state index contributed by atoms with van der Waals surface area (Å²) in [5.74, 6) is 1.44. The molecule has 10 atom stereocenters.